The molecular weight excluding hydrogens is 324 g/mol. The molecule has 0 heterocycles. The van der Waals surface area contributed by atoms with Crippen molar-refractivity contribution in [3.63, 3.8) is 0 Å². The van der Waals surface area contributed by atoms with Crippen LogP contribution in [0.15, 0.2) is 24.3 Å². The van der Waals surface area contributed by atoms with Gasteiger partial charge in [0.1, 0.15) is 6.04 Å². The van der Waals surface area contributed by atoms with Crippen LogP contribution in [0.3, 0.4) is 0 Å². The van der Waals surface area contributed by atoms with Crippen LogP contribution in [0.25, 0.3) is 0 Å². The summed E-state index contributed by atoms with van der Waals surface area (Å²) in [7, 11) is 0. The molecule has 7 nitrogen and oxygen atoms in total. The maximum atomic E-state index is 10.8. The van der Waals surface area contributed by atoms with Crippen molar-refractivity contribution in [2.45, 2.75) is 52.0 Å². The first kappa shape index (κ1) is 22.6. The predicted octanol–water partition coefficient (Wildman–Crippen LogP) is 1.74. The summed E-state index contributed by atoms with van der Waals surface area (Å²) in [6.07, 6.45) is 1.17. The molecule has 1 aromatic carbocycles. The van der Waals surface area contributed by atoms with Crippen LogP contribution in [0.1, 0.15) is 50.7 Å². The number of carbonyl (C=O) groups excluding carboxylic acids is 1. The molecule has 7 heteroatoms. The molecule has 25 heavy (non-hydrogen) atoms. The zero-order chi connectivity index (χ0) is 19.6. The van der Waals surface area contributed by atoms with Crippen molar-refractivity contribution in [1.82, 2.24) is 0 Å². The van der Waals surface area contributed by atoms with E-state index >= 15 is 0 Å². The molecule has 1 aromatic rings. The minimum Gasteiger partial charge on any atom is -0.481 e. The number of rotatable bonds is 8. The fraction of sp³-hybridized carbons (Fsp3) is 0.500. The molecule has 0 aliphatic heterocycles. The first-order valence-corrected chi connectivity index (χ1v) is 8.12. The van der Waals surface area contributed by atoms with Crippen molar-refractivity contribution in [2.75, 3.05) is 0 Å². The quantitative estimate of drug-likeness (QED) is 0.561. The first-order chi connectivity index (χ1) is 11.5. The average Bonchev–Trinajstić information content (AvgIpc) is 2.52. The average molecular weight is 352 g/mol. The van der Waals surface area contributed by atoms with Gasteiger partial charge < -0.3 is 21.7 Å². The van der Waals surface area contributed by atoms with E-state index in [9.17, 15) is 14.4 Å². The zero-order valence-electron chi connectivity index (χ0n) is 14.9. The van der Waals surface area contributed by atoms with Gasteiger partial charge in [0.15, 0.2) is 0 Å². The van der Waals surface area contributed by atoms with Crippen molar-refractivity contribution in [3.8, 4) is 0 Å². The Labute approximate surface area is 148 Å². The largest absolute Gasteiger partial charge is 0.481 e. The van der Waals surface area contributed by atoms with Crippen molar-refractivity contribution in [1.29, 1.82) is 0 Å². The Balaban J connectivity index is 0.000000504. The Kier molecular flexibility index (Phi) is 10.1. The zero-order valence-corrected chi connectivity index (χ0v) is 14.9. The molecule has 0 saturated heterocycles. The van der Waals surface area contributed by atoms with E-state index in [1.54, 1.807) is 6.92 Å². The maximum Gasteiger partial charge on any atom is 0.320 e. The standard InChI is InChI=1S/C13H18O2.C5H10N2O3/c1-9(2)8-11-4-6-12(7-5-11)10(3)13(14)15;6-3(5(9)10)1-2-4(7)8/h4-7,9-10H,8H2,1-3H3,(H,14,15);3H,1-2,6H2,(H2,7,8)(H,9,10)/t10-;3-/m01/s1. The summed E-state index contributed by atoms with van der Waals surface area (Å²) >= 11 is 0. The summed E-state index contributed by atoms with van der Waals surface area (Å²) in [4.78, 5) is 30.9. The molecule has 0 aliphatic rings. The highest BCUT2D eigenvalue weighted by Crippen LogP contribution is 2.17. The van der Waals surface area contributed by atoms with E-state index < -0.39 is 29.8 Å². The molecule has 0 saturated carbocycles. The Bertz CT molecular complexity index is 569. The Morgan fingerprint density at radius 3 is 1.88 bits per heavy atom. The number of primary amides is 1. The Morgan fingerprint density at radius 1 is 1.00 bits per heavy atom. The van der Waals surface area contributed by atoms with Crippen LogP contribution < -0.4 is 11.5 Å². The molecular formula is C18H28N2O5. The van der Waals surface area contributed by atoms with Gasteiger partial charge in [-0.2, -0.15) is 0 Å². The molecule has 6 N–H and O–H groups in total. The van der Waals surface area contributed by atoms with Gasteiger partial charge in [-0.1, -0.05) is 38.1 Å². The second-order valence-corrected chi connectivity index (χ2v) is 6.35. The van der Waals surface area contributed by atoms with Gasteiger partial charge >= 0.3 is 11.9 Å². The molecule has 0 aromatic heterocycles. The van der Waals surface area contributed by atoms with Crippen molar-refractivity contribution < 1.29 is 24.6 Å². The third-order valence-corrected chi connectivity index (χ3v) is 3.51. The molecule has 140 valence electrons. The number of hydrogen-bond donors (Lipinski definition) is 4. The van der Waals surface area contributed by atoms with Crippen LogP contribution in [-0.2, 0) is 20.8 Å². The second kappa shape index (κ2) is 11.2. The summed E-state index contributed by atoms with van der Waals surface area (Å²) in [6, 6.07) is 6.89. The van der Waals surface area contributed by atoms with E-state index in [1.165, 1.54) is 5.56 Å². The molecule has 0 spiro atoms. The summed E-state index contributed by atoms with van der Waals surface area (Å²) in [6.45, 7) is 6.06. The lowest BCUT2D eigenvalue weighted by Crippen LogP contribution is -2.31. The fourth-order valence-electron chi connectivity index (χ4n) is 1.98. The summed E-state index contributed by atoms with van der Waals surface area (Å²) < 4.78 is 0. The van der Waals surface area contributed by atoms with Gasteiger partial charge in [0.25, 0.3) is 0 Å². The van der Waals surface area contributed by atoms with Crippen LogP contribution in [0.5, 0.6) is 0 Å². The van der Waals surface area contributed by atoms with Gasteiger partial charge in [0.05, 0.1) is 5.92 Å². The molecule has 0 radical (unpaired) electrons. The van der Waals surface area contributed by atoms with Crippen LogP contribution in [0, 0.1) is 5.92 Å². The highest BCUT2D eigenvalue weighted by molar-refractivity contribution is 5.77. The van der Waals surface area contributed by atoms with Crippen molar-refractivity contribution in [2.24, 2.45) is 17.4 Å². The molecule has 1 amide bonds. The van der Waals surface area contributed by atoms with Gasteiger partial charge in [-0.15, -0.1) is 0 Å². The maximum absolute atomic E-state index is 10.8. The van der Waals surface area contributed by atoms with E-state index in [4.69, 9.17) is 21.7 Å². The van der Waals surface area contributed by atoms with Gasteiger partial charge in [-0.3, -0.25) is 14.4 Å². The molecule has 0 aliphatic carbocycles. The lowest BCUT2D eigenvalue weighted by atomic mass is 9.97. The molecule has 0 bridgehead atoms. The van der Waals surface area contributed by atoms with Crippen LogP contribution >= 0.6 is 0 Å². The molecule has 2 atom stereocenters. The number of hydrogen-bond acceptors (Lipinski definition) is 4. The number of aliphatic carboxylic acids is 2. The van der Waals surface area contributed by atoms with Gasteiger partial charge in [0, 0.05) is 6.42 Å². The van der Waals surface area contributed by atoms with Crippen LogP contribution in [0.4, 0.5) is 0 Å². The van der Waals surface area contributed by atoms with E-state index in [0.29, 0.717) is 5.92 Å². The normalized spacial score (nSPS) is 12.7. The van der Waals surface area contributed by atoms with E-state index in [0.717, 1.165) is 12.0 Å². The van der Waals surface area contributed by atoms with Crippen LogP contribution in [0.2, 0.25) is 0 Å². The van der Waals surface area contributed by atoms with Gasteiger partial charge in [0.2, 0.25) is 5.91 Å². The summed E-state index contributed by atoms with van der Waals surface area (Å²) in [5.41, 5.74) is 12.0. The summed E-state index contributed by atoms with van der Waals surface area (Å²) in [5, 5.41) is 17.1. The van der Waals surface area contributed by atoms with Crippen molar-refractivity contribution in [3.05, 3.63) is 35.4 Å². The van der Waals surface area contributed by atoms with Crippen molar-refractivity contribution >= 4 is 17.8 Å². The number of carbonyl (C=O) groups is 3. The number of benzene rings is 1. The Morgan fingerprint density at radius 2 is 1.52 bits per heavy atom. The lowest BCUT2D eigenvalue weighted by Gasteiger charge is -2.09. The van der Waals surface area contributed by atoms with E-state index in [-0.39, 0.29) is 12.8 Å². The predicted molar refractivity (Wildman–Crippen MR) is 95.1 cm³/mol. The smallest absolute Gasteiger partial charge is 0.320 e. The third kappa shape index (κ3) is 10.1. The second-order valence-electron chi connectivity index (χ2n) is 6.35. The highest BCUT2D eigenvalue weighted by Gasteiger charge is 2.13. The minimum absolute atomic E-state index is 0.0213. The lowest BCUT2D eigenvalue weighted by molar-refractivity contribution is -0.139. The number of nitrogens with two attached hydrogens (primary N) is 2. The minimum atomic E-state index is -1.11. The number of carboxylic acid groups (broad SMARTS) is 2. The van der Waals surface area contributed by atoms with Gasteiger partial charge in [-0.25, -0.2) is 0 Å². The number of carboxylic acids is 2. The van der Waals surface area contributed by atoms with Gasteiger partial charge in [-0.05, 0) is 36.8 Å². The number of amides is 1. The molecule has 0 unspecified atom stereocenters. The summed E-state index contributed by atoms with van der Waals surface area (Å²) in [5.74, 6) is -2.20. The fourth-order valence-corrected chi connectivity index (χ4v) is 1.98. The SMILES string of the molecule is CC(C)Cc1ccc([C@H](C)C(=O)O)cc1.NC(=O)CC[C@@H](N)C(=O)O. The van der Waals surface area contributed by atoms with E-state index in [1.807, 2.05) is 24.3 Å². The van der Waals surface area contributed by atoms with E-state index in [2.05, 4.69) is 13.8 Å². The van der Waals surface area contributed by atoms with Crippen LogP contribution in [-0.4, -0.2) is 34.1 Å². The third-order valence-electron chi connectivity index (χ3n) is 3.51. The monoisotopic (exact) mass is 352 g/mol. The Hall–Kier alpha value is -2.41. The first-order valence-electron chi connectivity index (χ1n) is 8.12. The molecule has 1 rings (SSSR count). The highest BCUT2D eigenvalue weighted by atomic mass is 16.4. The topological polar surface area (TPSA) is 144 Å². The molecule has 0 fully saturated rings.